The first-order chi connectivity index (χ1) is 12.4. The maximum absolute atomic E-state index is 12.3. The molecule has 26 heavy (non-hydrogen) atoms. The largest absolute Gasteiger partial charge is 0.452 e. The number of non-ortho nitro benzene ring substituents is 1. The highest BCUT2D eigenvalue weighted by atomic mass is 35.5. The zero-order valence-corrected chi connectivity index (χ0v) is 14.8. The molecule has 0 aliphatic rings. The van der Waals surface area contributed by atoms with Crippen LogP contribution in [-0.2, 0) is 16.1 Å². The molecule has 2 rings (SSSR count). The van der Waals surface area contributed by atoms with Crippen molar-refractivity contribution in [2.75, 3.05) is 13.2 Å². The molecule has 0 radical (unpaired) electrons. The summed E-state index contributed by atoms with van der Waals surface area (Å²) in [7, 11) is 0. The third-order valence-corrected chi connectivity index (χ3v) is 3.97. The second-order valence-corrected chi connectivity index (χ2v) is 5.80. The van der Waals surface area contributed by atoms with Gasteiger partial charge in [-0.3, -0.25) is 14.9 Å². The SMILES string of the molecule is CCN(Cc1ccccc1)C(=O)COC(=O)c1ccc([N+](=O)[O-])cc1Cl. The van der Waals surface area contributed by atoms with Crippen molar-refractivity contribution in [1.29, 1.82) is 0 Å². The van der Waals surface area contributed by atoms with Crippen LogP contribution in [0, 0.1) is 10.1 Å². The van der Waals surface area contributed by atoms with E-state index in [0.717, 1.165) is 17.7 Å². The standard InChI is InChI=1S/C18H17ClN2O5/c1-2-20(11-13-6-4-3-5-7-13)17(22)12-26-18(23)15-9-8-14(21(24)25)10-16(15)19/h3-10H,2,11-12H2,1H3. The van der Waals surface area contributed by atoms with Gasteiger partial charge in [0.2, 0.25) is 0 Å². The Morgan fingerprint density at radius 3 is 2.46 bits per heavy atom. The number of hydrogen-bond acceptors (Lipinski definition) is 5. The molecule has 0 heterocycles. The maximum atomic E-state index is 12.3. The third kappa shape index (κ3) is 5.03. The van der Waals surface area contributed by atoms with Crippen molar-refractivity contribution in [3.05, 3.63) is 74.8 Å². The van der Waals surface area contributed by atoms with E-state index in [4.69, 9.17) is 16.3 Å². The summed E-state index contributed by atoms with van der Waals surface area (Å²) < 4.78 is 5.01. The van der Waals surface area contributed by atoms with Crippen molar-refractivity contribution in [2.45, 2.75) is 13.5 Å². The Kier molecular flexibility index (Phi) is 6.68. The van der Waals surface area contributed by atoms with Crippen molar-refractivity contribution in [2.24, 2.45) is 0 Å². The van der Waals surface area contributed by atoms with E-state index in [1.165, 1.54) is 6.07 Å². The van der Waals surface area contributed by atoms with E-state index in [0.29, 0.717) is 13.1 Å². The van der Waals surface area contributed by atoms with Crippen LogP contribution < -0.4 is 0 Å². The second kappa shape index (κ2) is 8.96. The summed E-state index contributed by atoms with van der Waals surface area (Å²) in [6.07, 6.45) is 0. The molecule has 136 valence electrons. The number of halogens is 1. The quantitative estimate of drug-likeness (QED) is 0.419. The van der Waals surface area contributed by atoms with Crippen molar-refractivity contribution in [3.8, 4) is 0 Å². The van der Waals surface area contributed by atoms with Crippen LogP contribution in [0.2, 0.25) is 5.02 Å². The van der Waals surface area contributed by atoms with Gasteiger partial charge in [0.25, 0.3) is 11.6 Å². The topological polar surface area (TPSA) is 89.8 Å². The summed E-state index contributed by atoms with van der Waals surface area (Å²) >= 11 is 5.88. The Morgan fingerprint density at radius 2 is 1.88 bits per heavy atom. The molecule has 0 saturated carbocycles. The van der Waals surface area contributed by atoms with Gasteiger partial charge in [-0.15, -0.1) is 0 Å². The molecular weight excluding hydrogens is 360 g/mol. The van der Waals surface area contributed by atoms with Crippen molar-refractivity contribution in [3.63, 3.8) is 0 Å². The van der Waals surface area contributed by atoms with Gasteiger partial charge < -0.3 is 9.64 Å². The molecule has 0 bridgehead atoms. The number of nitro groups is 1. The average molecular weight is 377 g/mol. The molecule has 0 N–H and O–H groups in total. The fraction of sp³-hybridized carbons (Fsp3) is 0.222. The highest BCUT2D eigenvalue weighted by molar-refractivity contribution is 6.33. The fourth-order valence-electron chi connectivity index (χ4n) is 2.26. The number of likely N-dealkylation sites (N-methyl/N-ethyl adjacent to an activating group) is 1. The van der Waals surface area contributed by atoms with Gasteiger partial charge in [0.1, 0.15) is 0 Å². The van der Waals surface area contributed by atoms with E-state index < -0.39 is 17.5 Å². The molecule has 0 atom stereocenters. The average Bonchev–Trinajstić information content (AvgIpc) is 2.64. The highest BCUT2D eigenvalue weighted by Gasteiger charge is 2.19. The number of nitro benzene ring substituents is 1. The van der Waals surface area contributed by atoms with Gasteiger partial charge in [-0.1, -0.05) is 41.9 Å². The summed E-state index contributed by atoms with van der Waals surface area (Å²) in [5.41, 5.74) is 0.700. The predicted octanol–water partition coefficient (Wildman–Crippen LogP) is 3.45. The van der Waals surface area contributed by atoms with Gasteiger partial charge >= 0.3 is 5.97 Å². The molecule has 2 aromatic carbocycles. The van der Waals surface area contributed by atoms with E-state index in [2.05, 4.69) is 0 Å². The molecule has 1 amide bonds. The van der Waals surface area contributed by atoms with E-state index in [9.17, 15) is 19.7 Å². The smallest absolute Gasteiger partial charge is 0.340 e. The first-order valence-electron chi connectivity index (χ1n) is 7.85. The number of ether oxygens (including phenoxy) is 1. The number of esters is 1. The predicted molar refractivity (Wildman–Crippen MR) is 95.9 cm³/mol. The van der Waals surface area contributed by atoms with Gasteiger partial charge in [0.15, 0.2) is 6.61 Å². The van der Waals surface area contributed by atoms with Gasteiger partial charge in [0, 0.05) is 25.2 Å². The number of hydrogen-bond donors (Lipinski definition) is 0. The molecule has 0 unspecified atom stereocenters. The Balaban J connectivity index is 1.97. The number of rotatable bonds is 7. The van der Waals surface area contributed by atoms with E-state index >= 15 is 0 Å². The lowest BCUT2D eigenvalue weighted by molar-refractivity contribution is -0.384. The molecule has 0 aliphatic carbocycles. The molecule has 7 nitrogen and oxygen atoms in total. The lowest BCUT2D eigenvalue weighted by atomic mass is 10.2. The van der Waals surface area contributed by atoms with Crippen LogP contribution in [0.15, 0.2) is 48.5 Å². The number of nitrogens with zero attached hydrogens (tertiary/aromatic N) is 2. The van der Waals surface area contributed by atoms with E-state index in [1.54, 1.807) is 4.90 Å². The first-order valence-corrected chi connectivity index (χ1v) is 8.23. The Bertz CT molecular complexity index is 810. The van der Waals surface area contributed by atoms with E-state index in [-0.39, 0.29) is 22.2 Å². The zero-order chi connectivity index (χ0) is 19.1. The second-order valence-electron chi connectivity index (χ2n) is 5.39. The van der Waals surface area contributed by atoms with Gasteiger partial charge in [-0.05, 0) is 18.6 Å². The Hall–Kier alpha value is -2.93. The molecule has 0 aliphatic heterocycles. The number of carbonyl (C=O) groups is 2. The van der Waals surface area contributed by atoms with Gasteiger partial charge in [-0.2, -0.15) is 0 Å². The van der Waals surface area contributed by atoms with Gasteiger partial charge in [0.05, 0.1) is 15.5 Å². The molecule has 0 saturated heterocycles. The summed E-state index contributed by atoms with van der Waals surface area (Å²) in [5, 5.41) is 10.6. The minimum atomic E-state index is -0.811. The third-order valence-electron chi connectivity index (χ3n) is 3.66. The number of amides is 1. The zero-order valence-electron chi connectivity index (χ0n) is 14.1. The van der Waals surface area contributed by atoms with Crippen molar-refractivity contribution >= 4 is 29.2 Å². The number of benzene rings is 2. The van der Waals surface area contributed by atoms with Crippen molar-refractivity contribution in [1.82, 2.24) is 4.90 Å². The summed E-state index contributed by atoms with van der Waals surface area (Å²) in [6.45, 7) is 2.26. The molecule has 0 aromatic heterocycles. The lowest BCUT2D eigenvalue weighted by Gasteiger charge is -2.20. The summed E-state index contributed by atoms with van der Waals surface area (Å²) in [4.78, 5) is 36.0. The minimum Gasteiger partial charge on any atom is -0.452 e. The number of carbonyl (C=O) groups excluding carboxylic acids is 2. The first kappa shape index (κ1) is 19.4. The molecule has 0 fully saturated rings. The molecule has 8 heteroatoms. The van der Waals surface area contributed by atoms with Crippen LogP contribution in [0.5, 0.6) is 0 Å². The normalized spacial score (nSPS) is 10.2. The molecule has 0 spiro atoms. The molecular formula is C18H17ClN2O5. The van der Waals surface area contributed by atoms with Crippen LogP contribution >= 0.6 is 11.6 Å². The van der Waals surface area contributed by atoms with Crippen LogP contribution in [-0.4, -0.2) is 34.9 Å². The maximum Gasteiger partial charge on any atom is 0.340 e. The Morgan fingerprint density at radius 1 is 1.19 bits per heavy atom. The highest BCUT2D eigenvalue weighted by Crippen LogP contribution is 2.23. The fourth-order valence-corrected chi connectivity index (χ4v) is 2.51. The van der Waals surface area contributed by atoms with Crippen LogP contribution in [0.1, 0.15) is 22.8 Å². The summed E-state index contributed by atoms with van der Waals surface area (Å²) in [6, 6.07) is 12.9. The lowest BCUT2D eigenvalue weighted by Crippen LogP contribution is -2.34. The summed E-state index contributed by atoms with van der Waals surface area (Å²) in [5.74, 6) is -1.16. The monoisotopic (exact) mass is 376 g/mol. The van der Waals surface area contributed by atoms with Crippen LogP contribution in [0.3, 0.4) is 0 Å². The van der Waals surface area contributed by atoms with Crippen LogP contribution in [0.4, 0.5) is 5.69 Å². The van der Waals surface area contributed by atoms with Crippen LogP contribution in [0.25, 0.3) is 0 Å². The molecule has 2 aromatic rings. The Labute approximate surface area is 155 Å². The van der Waals surface area contributed by atoms with E-state index in [1.807, 2.05) is 37.3 Å². The minimum absolute atomic E-state index is 0.0313. The van der Waals surface area contributed by atoms with Crippen molar-refractivity contribution < 1.29 is 19.2 Å². The van der Waals surface area contributed by atoms with Gasteiger partial charge in [-0.25, -0.2) is 4.79 Å².